The second kappa shape index (κ2) is 7.07. The van der Waals surface area contributed by atoms with Gasteiger partial charge in [0, 0.05) is 12.1 Å². The van der Waals surface area contributed by atoms with Crippen molar-refractivity contribution in [2.45, 2.75) is 20.8 Å². The lowest BCUT2D eigenvalue weighted by atomic mass is 10.1. The monoisotopic (exact) mass is 364 g/mol. The van der Waals surface area contributed by atoms with Crippen molar-refractivity contribution in [1.82, 2.24) is 15.1 Å². The molecule has 22 heavy (non-hydrogen) atoms. The summed E-state index contributed by atoms with van der Waals surface area (Å²) in [4.78, 5) is 12.1. The Bertz CT molecular complexity index is 664. The Kier molecular flexibility index (Phi) is 5.37. The van der Waals surface area contributed by atoms with Gasteiger partial charge in [-0.25, -0.2) is 4.68 Å². The molecule has 1 heterocycles. The molecular formula is C16H21BrN4O. The molecule has 0 spiro atoms. The van der Waals surface area contributed by atoms with Crippen LogP contribution in [-0.2, 0) is 0 Å². The summed E-state index contributed by atoms with van der Waals surface area (Å²) in [5, 5.41) is 7.37. The maximum atomic E-state index is 12.1. The molecule has 0 saturated carbocycles. The number of carbonyl (C=O) groups excluding carboxylic acids is 1. The number of aromatic nitrogens is 2. The van der Waals surface area contributed by atoms with Gasteiger partial charge < -0.3 is 11.1 Å². The van der Waals surface area contributed by atoms with Crippen molar-refractivity contribution < 1.29 is 4.79 Å². The normalized spacial score (nSPS) is 12.2. The van der Waals surface area contributed by atoms with Crippen molar-refractivity contribution >= 4 is 21.8 Å². The van der Waals surface area contributed by atoms with Gasteiger partial charge in [-0.3, -0.25) is 4.79 Å². The van der Waals surface area contributed by atoms with Gasteiger partial charge in [0.1, 0.15) is 0 Å². The minimum atomic E-state index is -0.0820. The van der Waals surface area contributed by atoms with Gasteiger partial charge in [-0.1, -0.05) is 6.92 Å². The zero-order valence-corrected chi connectivity index (χ0v) is 14.6. The third-order valence-corrected chi connectivity index (χ3v) is 4.74. The van der Waals surface area contributed by atoms with E-state index in [0.29, 0.717) is 18.7 Å². The molecule has 0 saturated heterocycles. The number of rotatable bonds is 5. The van der Waals surface area contributed by atoms with Crippen LogP contribution in [0.5, 0.6) is 0 Å². The molecule has 1 atom stereocenters. The number of benzene rings is 1. The SMILES string of the molecule is Cc1nn(-c2ccc(C(=O)NCC(C)CN)cc2)c(C)c1Br. The second-order valence-corrected chi connectivity index (χ2v) is 6.29. The lowest BCUT2D eigenvalue weighted by Crippen LogP contribution is -2.31. The van der Waals surface area contributed by atoms with Gasteiger partial charge >= 0.3 is 0 Å². The van der Waals surface area contributed by atoms with Crippen LogP contribution in [0.2, 0.25) is 0 Å². The van der Waals surface area contributed by atoms with Gasteiger partial charge in [-0.05, 0) is 66.5 Å². The van der Waals surface area contributed by atoms with Crippen LogP contribution in [0.15, 0.2) is 28.7 Å². The molecule has 2 aromatic rings. The van der Waals surface area contributed by atoms with Crippen molar-refractivity contribution in [1.29, 1.82) is 0 Å². The molecule has 0 fully saturated rings. The molecule has 0 radical (unpaired) electrons. The quantitative estimate of drug-likeness (QED) is 0.856. The van der Waals surface area contributed by atoms with E-state index in [1.807, 2.05) is 49.7 Å². The average molecular weight is 365 g/mol. The van der Waals surface area contributed by atoms with Gasteiger partial charge in [0.2, 0.25) is 0 Å². The predicted octanol–water partition coefficient (Wildman–Crippen LogP) is 2.58. The Morgan fingerprint density at radius 2 is 2.00 bits per heavy atom. The summed E-state index contributed by atoms with van der Waals surface area (Å²) in [6, 6.07) is 7.41. The highest BCUT2D eigenvalue weighted by molar-refractivity contribution is 9.10. The lowest BCUT2D eigenvalue weighted by Gasteiger charge is -2.10. The molecule has 1 aromatic heterocycles. The summed E-state index contributed by atoms with van der Waals surface area (Å²) in [6.07, 6.45) is 0. The van der Waals surface area contributed by atoms with Gasteiger partial charge in [0.25, 0.3) is 5.91 Å². The van der Waals surface area contributed by atoms with Crippen LogP contribution < -0.4 is 11.1 Å². The number of nitrogens with one attached hydrogen (secondary N) is 1. The first-order valence-corrected chi connectivity index (χ1v) is 8.03. The molecular weight excluding hydrogens is 344 g/mol. The third kappa shape index (κ3) is 3.56. The molecule has 1 aromatic carbocycles. The fourth-order valence-electron chi connectivity index (χ4n) is 2.08. The molecule has 1 amide bonds. The Balaban J connectivity index is 2.13. The summed E-state index contributed by atoms with van der Waals surface area (Å²) in [5.41, 5.74) is 9.08. The average Bonchev–Trinajstić information content (AvgIpc) is 2.80. The van der Waals surface area contributed by atoms with Gasteiger partial charge in [0.15, 0.2) is 0 Å². The Labute approximate surface area is 139 Å². The van der Waals surface area contributed by atoms with Crippen molar-refractivity contribution in [3.63, 3.8) is 0 Å². The molecule has 2 rings (SSSR count). The number of hydrogen-bond donors (Lipinski definition) is 2. The largest absolute Gasteiger partial charge is 0.352 e. The number of nitrogens with two attached hydrogens (primary N) is 1. The van der Waals surface area contributed by atoms with E-state index in [1.165, 1.54) is 0 Å². The maximum absolute atomic E-state index is 12.1. The van der Waals surface area contributed by atoms with Crippen molar-refractivity contribution in [3.05, 3.63) is 45.7 Å². The highest BCUT2D eigenvalue weighted by Crippen LogP contribution is 2.23. The van der Waals surface area contributed by atoms with Crippen molar-refractivity contribution in [3.8, 4) is 5.69 Å². The van der Waals surface area contributed by atoms with E-state index in [-0.39, 0.29) is 11.8 Å². The number of hydrogen-bond acceptors (Lipinski definition) is 3. The third-order valence-electron chi connectivity index (χ3n) is 3.59. The fourth-order valence-corrected chi connectivity index (χ4v) is 2.33. The maximum Gasteiger partial charge on any atom is 0.251 e. The van der Waals surface area contributed by atoms with Crippen LogP contribution in [0.1, 0.15) is 28.7 Å². The van der Waals surface area contributed by atoms with Crippen LogP contribution in [-0.4, -0.2) is 28.8 Å². The smallest absolute Gasteiger partial charge is 0.251 e. The summed E-state index contributed by atoms with van der Waals surface area (Å²) >= 11 is 3.52. The standard InChI is InChI=1S/C16H21BrN4O/c1-10(8-18)9-19-16(22)13-4-6-14(7-5-13)21-12(3)15(17)11(2)20-21/h4-7,10H,8-9,18H2,1-3H3,(H,19,22). The number of amides is 1. The van der Waals surface area contributed by atoms with Gasteiger partial charge in [-0.15, -0.1) is 0 Å². The first-order valence-electron chi connectivity index (χ1n) is 7.24. The van der Waals surface area contributed by atoms with Crippen molar-refractivity contribution in [2.24, 2.45) is 11.7 Å². The van der Waals surface area contributed by atoms with Crippen LogP contribution in [0.4, 0.5) is 0 Å². The molecule has 0 aliphatic rings. The predicted molar refractivity (Wildman–Crippen MR) is 91.3 cm³/mol. The Hall–Kier alpha value is -1.66. The zero-order valence-electron chi connectivity index (χ0n) is 13.1. The second-order valence-electron chi connectivity index (χ2n) is 5.49. The summed E-state index contributed by atoms with van der Waals surface area (Å²) in [7, 11) is 0. The zero-order chi connectivity index (χ0) is 16.3. The van der Waals surface area contributed by atoms with E-state index in [4.69, 9.17) is 5.73 Å². The van der Waals surface area contributed by atoms with Crippen LogP contribution in [0.25, 0.3) is 5.69 Å². The van der Waals surface area contributed by atoms with E-state index in [2.05, 4.69) is 26.3 Å². The number of aryl methyl sites for hydroxylation is 1. The molecule has 6 heteroatoms. The number of nitrogens with zero attached hydrogens (tertiary/aromatic N) is 2. The molecule has 0 bridgehead atoms. The number of carbonyl (C=O) groups is 1. The summed E-state index contributed by atoms with van der Waals surface area (Å²) in [6.45, 7) is 7.10. The Morgan fingerprint density at radius 3 is 2.50 bits per heavy atom. The summed E-state index contributed by atoms with van der Waals surface area (Å²) in [5.74, 6) is 0.191. The lowest BCUT2D eigenvalue weighted by molar-refractivity contribution is 0.0948. The minimum Gasteiger partial charge on any atom is -0.352 e. The van der Waals surface area contributed by atoms with E-state index in [0.717, 1.165) is 21.5 Å². The first kappa shape index (κ1) is 16.7. The van der Waals surface area contributed by atoms with Crippen LogP contribution >= 0.6 is 15.9 Å². The highest BCUT2D eigenvalue weighted by Gasteiger charge is 2.11. The van der Waals surface area contributed by atoms with E-state index in [9.17, 15) is 4.79 Å². The molecule has 1 unspecified atom stereocenters. The molecule has 0 aliphatic carbocycles. The van der Waals surface area contributed by atoms with Gasteiger partial charge in [-0.2, -0.15) is 5.10 Å². The molecule has 3 N–H and O–H groups in total. The first-order chi connectivity index (χ1) is 10.4. The van der Waals surface area contributed by atoms with Crippen LogP contribution in [0, 0.1) is 19.8 Å². The Morgan fingerprint density at radius 1 is 1.36 bits per heavy atom. The van der Waals surface area contributed by atoms with Crippen LogP contribution in [0.3, 0.4) is 0 Å². The minimum absolute atomic E-state index is 0.0820. The number of halogens is 1. The molecule has 118 valence electrons. The summed E-state index contributed by atoms with van der Waals surface area (Å²) < 4.78 is 2.86. The highest BCUT2D eigenvalue weighted by atomic mass is 79.9. The van der Waals surface area contributed by atoms with Gasteiger partial charge in [0.05, 0.1) is 21.5 Å². The molecule has 0 aliphatic heterocycles. The van der Waals surface area contributed by atoms with E-state index >= 15 is 0 Å². The molecule has 5 nitrogen and oxygen atoms in total. The topological polar surface area (TPSA) is 72.9 Å². The van der Waals surface area contributed by atoms with Crippen molar-refractivity contribution in [2.75, 3.05) is 13.1 Å². The fraction of sp³-hybridized carbons (Fsp3) is 0.375. The van der Waals surface area contributed by atoms with E-state index < -0.39 is 0 Å². The van der Waals surface area contributed by atoms with E-state index in [1.54, 1.807) is 0 Å².